The summed E-state index contributed by atoms with van der Waals surface area (Å²) >= 11 is 0. The fourth-order valence-corrected chi connectivity index (χ4v) is 6.05. The third-order valence-electron chi connectivity index (χ3n) is 6.20. The van der Waals surface area contributed by atoms with E-state index in [9.17, 15) is 31.5 Å². The van der Waals surface area contributed by atoms with E-state index < -0.39 is 27.5 Å². The van der Waals surface area contributed by atoms with Crippen LogP contribution in [-0.4, -0.2) is 29.3 Å². The lowest BCUT2D eigenvalue weighted by atomic mass is 10.0. The minimum atomic E-state index is -4.52. The number of carboxylic acid groups (broad SMARTS) is 1. The van der Waals surface area contributed by atoms with E-state index in [1.54, 1.807) is 36.4 Å². The first-order chi connectivity index (χ1) is 16.6. The average molecular weight is 500 g/mol. The molecule has 180 valence electrons. The molecule has 9 heteroatoms. The summed E-state index contributed by atoms with van der Waals surface area (Å²) in [5, 5.41) is 10.4. The van der Waals surface area contributed by atoms with Crippen LogP contribution in [0, 0.1) is 0 Å². The van der Waals surface area contributed by atoms with Crippen molar-refractivity contribution in [2.45, 2.75) is 35.7 Å². The van der Waals surface area contributed by atoms with Crippen LogP contribution in [0.15, 0.2) is 77.7 Å². The number of hydrogen-bond donors (Lipinski definition) is 1. The maximum atomic E-state index is 13.2. The molecule has 5 rings (SSSR count). The average Bonchev–Trinajstić information content (AvgIpc) is 3.63. The van der Waals surface area contributed by atoms with E-state index >= 15 is 0 Å². The van der Waals surface area contributed by atoms with Crippen molar-refractivity contribution >= 4 is 26.7 Å². The number of sulfone groups is 1. The summed E-state index contributed by atoms with van der Waals surface area (Å²) in [5.74, 6) is -1.24. The van der Waals surface area contributed by atoms with Crippen molar-refractivity contribution in [3.63, 3.8) is 0 Å². The van der Waals surface area contributed by atoms with Gasteiger partial charge in [-0.15, -0.1) is 0 Å². The van der Waals surface area contributed by atoms with E-state index in [0.29, 0.717) is 40.4 Å². The van der Waals surface area contributed by atoms with Crippen molar-refractivity contribution in [3.05, 3.63) is 89.6 Å². The highest BCUT2D eigenvalue weighted by Gasteiger charge is 2.37. The summed E-state index contributed by atoms with van der Waals surface area (Å²) in [6.07, 6.45) is -3.25. The lowest BCUT2D eigenvalue weighted by Gasteiger charge is -2.12. The molecule has 1 aromatic heterocycles. The van der Waals surface area contributed by atoms with Gasteiger partial charge in [0.15, 0.2) is 9.84 Å². The molecule has 5 nitrogen and oxygen atoms in total. The van der Waals surface area contributed by atoms with Crippen molar-refractivity contribution in [1.82, 2.24) is 4.57 Å². The van der Waals surface area contributed by atoms with E-state index in [1.807, 2.05) is 0 Å². The Labute approximate surface area is 199 Å². The van der Waals surface area contributed by atoms with Crippen LogP contribution in [0.5, 0.6) is 0 Å². The van der Waals surface area contributed by atoms with Crippen LogP contribution in [-0.2, 0) is 22.6 Å². The van der Waals surface area contributed by atoms with Crippen molar-refractivity contribution in [3.8, 4) is 11.1 Å². The summed E-state index contributed by atoms with van der Waals surface area (Å²) in [6, 6.07) is 17.9. The smallest absolute Gasteiger partial charge is 0.416 e. The highest BCUT2D eigenvalue weighted by Crippen LogP contribution is 2.38. The van der Waals surface area contributed by atoms with Gasteiger partial charge in [-0.1, -0.05) is 42.5 Å². The number of aromatic carboxylic acids is 1. The Morgan fingerprint density at radius 1 is 0.971 bits per heavy atom. The van der Waals surface area contributed by atoms with Gasteiger partial charge < -0.3 is 9.67 Å². The van der Waals surface area contributed by atoms with Gasteiger partial charge in [0.1, 0.15) is 5.69 Å². The largest absolute Gasteiger partial charge is 0.477 e. The Morgan fingerprint density at radius 2 is 1.66 bits per heavy atom. The highest BCUT2D eigenvalue weighted by molar-refractivity contribution is 7.92. The van der Waals surface area contributed by atoms with E-state index in [2.05, 4.69) is 0 Å². The van der Waals surface area contributed by atoms with Gasteiger partial charge in [-0.25, -0.2) is 13.2 Å². The van der Waals surface area contributed by atoms with E-state index in [-0.39, 0.29) is 22.4 Å². The first kappa shape index (κ1) is 23.2. The Hall–Kier alpha value is -3.59. The molecule has 1 N–H and O–H groups in total. The second-order valence-electron chi connectivity index (χ2n) is 8.60. The first-order valence-corrected chi connectivity index (χ1v) is 12.5. The van der Waals surface area contributed by atoms with Crippen LogP contribution in [0.3, 0.4) is 0 Å². The maximum absolute atomic E-state index is 13.2. The number of rotatable bonds is 6. The highest BCUT2D eigenvalue weighted by atomic mass is 32.2. The Kier molecular flexibility index (Phi) is 5.47. The molecule has 0 bridgehead atoms. The van der Waals surface area contributed by atoms with E-state index in [1.165, 1.54) is 28.8 Å². The van der Waals surface area contributed by atoms with Crippen molar-refractivity contribution < 1.29 is 31.5 Å². The number of aromatic nitrogens is 1. The Bertz CT molecular complexity index is 1550. The zero-order valence-corrected chi connectivity index (χ0v) is 19.1. The van der Waals surface area contributed by atoms with Crippen LogP contribution in [0.1, 0.15) is 34.5 Å². The normalized spacial score (nSPS) is 14.4. The number of alkyl halides is 3. The second kappa shape index (κ2) is 8.27. The fraction of sp³-hybridized carbons (Fsp3) is 0.192. The molecule has 1 saturated carbocycles. The SMILES string of the molecule is O=C(O)c1c(-c2ccc(S(=O)(=O)C3CC3)cc2)c2ccccc2n1Cc1cccc(C(F)(F)F)c1. The predicted molar refractivity (Wildman–Crippen MR) is 125 cm³/mol. The topological polar surface area (TPSA) is 76.4 Å². The minimum Gasteiger partial charge on any atom is -0.477 e. The van der Waals surface area contributed by atoms with Gasteiger partial charge in [0, 0.05) is 23.0 Å². The molecule has 1 heterocycles. The predicted octanol–water partition coefficient (Wildman–Crippen LogP) is 6.01. The second-order valence-corrected chi connectivity index (χ2v) is 10.8. The van der Waals surface area contributed by atoms with Crippen LogP contribution in [0.25, 0.3) is 22.0 Å². The lowest BCUT2D eigenvalue weighted by Crippen LogP contribution is -2.12. The van der Waals surface area contributed by atoms with Gasteiger partial charge in [-0.3, -0.25) is 0 Å². The number of benzene rings is 3. The molecule has 0 unspecified atom stereocenters. The standard InChI is InChI=1S/C26H20F3NO4S/c27-26(28,29)18-5-3-4-16(14-18)15-30-22-7-2-1-6-21(22)23(24(30)25(31)32)17-8-10-19(11-9-17)35(33,34)20-12-13-20/h1-11,14,20H,12-13,15H2,(H,31,32). The molecule has 1 aliphatic rings. The summed E-state index contributed by atoms with van der Waals surface area (Å²) in [6.45, 7) is -0.0831. The molecule has 1 aliphatic carbocycles. The number of carbonyl (C=O) groups is 1. The molecule has 1 fully saturated rings. The van der Waals surface area contributed by atoms with Crippen LogP contribution in [0.4, 0.5) is 13.2 Å². The molecule has 4 aromatic rings. The number of carboxylic acids is 1. The molecule has 0 radical (unpaired) electrons. The third kappa shape index (κ3) is 4.20. The number of nitrogens with zero attached hydrogens (tertiary/aromatic N) is 1. The fourth-order valence-electron chi connectivity index (χ4n) is 4.39. The third-order valence-corrected chi connectivity index (χ3v) is 8.48. The molecule has 0 spiro atoms. The Balaban J connectivity index is 1.65. The summed E-state index contributed by atoms with van der Waals surface area (Å²) in [4.78, 5) is 12.6. The van der Waals surface area contributed by atoms with E-state index in [4.69, 9.17) is 0 Å². The summed E-state index contributed by atoms with van der Waals surface area (Å²) < 4.78 is 66.3. The summed E-state index contributed by atoms with van der Waals surface area (Å²) in [7, 11) is -3.40. The number of fused-ring (bicyclic) bond motifs is 1. The number of para-hydroxylation sites is 1. The van der Waals surface area contributed by atoms with Gasteiger partial charge in [0.05, 0.1) is 15.7 Å². The van der Waals surface area contributed by atoms with Crippen LogP contribution >= 0.6 is 0 Å². The Morgan fingerprint density at radius 3 is 2.29 bits per heavy atom. The maximum Gasteiger partial charge on any atom is 0.416 e. The van der Waals surface area contributed by atoms with Crippen LogP contribution < -0.4 is 0 Å². The molecule has 0 aliphatic heterocycles. The van der Waals surface area contributed by atoms with Gasteiger partial charge in [-0.05, 0) is 54.3 Å². The quantitative estimate of drug-likeness (QED) is 0.353. The van der Waals surface area contributed by atoms with Crippen molar-refractivity contribution in [2.75, 3.05) is 0 Å². The molecule has 3 aromatic carbocycles. The lowest BCUT2D eigenvalue weighted by molar-refractivity contribution is -0.137. The molecule has 0 atom stereocenters. The zero-order valence-electron chi connectivity index (χ0n) is 18.3. The first-order valence-electron chi connectivity index (χ1n) is 10.9. The molecular weight excluding hydrogens is 479 g/mol. The molecule has 35 heavy (non-hydrogen) atoms. The number of halogens is 3. The summed E-state index contributed by atoms with van der Waals surface area (Å²) in [5.41, 5.74) is 0.858. The van der Waals surface area contributed by atoms with Gasteiger partial charge in [0.25, 0.3) is 0 Å². The van der Waals surface area contributed by atoms with E-state index in [0.717, 1.165) is 12.1 Å². The van der Waals surface area contributed by atoms with Crippen molar-refractivity contribution in [1.29, 1.82) is 0 Å². The molecule has 0 amide bonds. The van der Waals surface area contributed by atoms with Crippen molar-refractivity contribution in [2.24, 2.45) is 0 Å². The van der Waals surface area contributed by atoms with Crippen LogP contribution in [0.2, 0.25) is 0 Å². The molecular formula is C26H20F3NO4S. The minimum absolute atomic E-state index is 0.0820. The monoisotopic (exact) mass is 499 g/mol. The van der Waals surface area contributed by atoms with Gasteiger partial charge in [-0.2, -0.15) is 13.2 Å². The zero-order chi connectivity index (χ0) is 25.0. The number of hydrogen-bond acceptors (Lipinski definition) is 3. The van der Waals surface area contributed by atoms with Gasteiger partial charge >= 0.3 is 12.1 Å². The molecule has 0 saturated heterocycles. The van der Waals surface area contributed by atoms with Gasteiger partial charge in [0.2, 0.25) is 0 Å².